The predicted molar refractivity (Wildman–Crippen MR) is 57.1 cm³/mol. The first kappa shape index (κ1) is 10.4. The molecule has 0 bridgehead atoms. The molecule has 0 saturated heterocycles. The highest BCUT2D eigenvalue weighted by molar-refractivity contribution is 5.26. The molecular formula is C12H14O2. The average molecular weight is 190 g/mol. The van der Waals surface area contributed by atoms with E-state index >= 15 is 0 Å². The highest BCUT2D eigenvalue weighted by Crippen LogP contribution is 2.11. The maximum absolute atomic E-state index is 5.24. The van der Waals surface area contributed by atoms with E-state index in [0.29, 0.717) is 6.61 Å². The van der Waals surface area contributed by atoms with Gasteiger partial charge in [-0.15, -0.1) is 0 Å². The van der Waals surface area contributed by atoms with Crippen LogP contribution >= 0.6 is 0 Å². The monoisotopic (exact) mass is 190 g/mol. The summed E-state index contributed by atoms with van der Waals surface area (Å²) in [6.45, 7) is 4.11. The predicted octanol–water partition coefficient (Wildman–Crippen LogP) is 2.91. The van der Waals surface area contributed by atoms with Gasteiger partial charge in [-0.2, -0.15) is 0 Å². The zero-order chi connectivity index (χ0) is 10.2. The lowest BCUT2D eigenvalue weighted by Crippen LogP contribution is -1.87. The quantitative estimate of drug-likeness (QED) is 0.525. The fourth-order valence-electron chi connectivity index (χ4n) is 0.977. The van der Waals surface area contributed by atoms with Crippen LogP contribution in [0.2, 0.25) is 0 Å². The molecule has 1 aromatic rings. The van der Waals surface area contributed by atoms with E-state index in [1.807, 2.05) is 24.3 Å². The third kappa shape index (κ3) is 3.35. The first-order valence-corrected chi connectivity index (χ1v) is 4.39. The number of benzene rings is 1. The van der Waals surface area contributed by atoms with Gasteiger partial charge in [0.15, 0.2) is 0 Å². The maximum Gasteiger partial charge on any atom is 0.118 e. The van der Waals surface area contributed by atoms with Crippen molar-refractivity contribution in [1.29, 1.82) is 0 Å². The number of ether oxygens (including phenoxy) is 2. The van der Waals surface area contributed by atoms with Gasteiger partial charge >= 0.3 is 0 Å². The van der Waals surface area contributed by atoms with Gasteiger partial charge in [0.2, 0.25) is 0 Å². The Morgan fingerprint density at radius 1 is 1.29 bits per heavy atom. The highest BCUT2D eigenvalue weighted by atomic mass is 16.5. The topological polar surface area (TPSA) is 18.5 Å². The van der Waals surface area contributed by atoms with Crippen LogP contribution in [0.1, 0.15) is 5.56 Å². The van der Waals surface area contributed by atoms with Crippen molar-refractivity contribution in [3.05, 3.63) is 54.8 Å². The normalized spacial score (nSPS) is 10.1. The SMILES string of the molecule is C=C/C=C/OCc1ccc(OC)cc1. The number of methoxy groups -OCH3 is 1. The van der Waals surface area contributed by atoms with Gasteiger partial charge in [-0.1, -0.05) is 24.8 Å². The van der Waals surface area contributed by atoms with E-state index < -0.39 is 0 Å². The fraction of sp³-hybridized carbons (Fsp3) is 0.167. The Kier molecular flexibility index (Phi) is 4.35. The van der Waals surface area contributed by atoms with Crippen molar-refractivity contribution >= 4 is 0 Å². The van der Waals surface area contributed by atoms with E-state index in [0.717, 1.165) is 11.3 Å². The second kappa shape index (κ2) is 5.86. The van der Waals surface area contributed by atoms with E-state index in [2.05, 4.69) is 6.58 Å². The highest BCUT2D eigenvalue weighted by Gasteiger charge is 1.92. The maximum atomic E-state index is 5.24. The van der Waals surface area contributed by atoms with Gasteiger partial charge in [0.25, 0.3) is 0 Å². The van der Waals surface area contributed by atoms with Crippen LogP contribution in [0.25, 0.3) is 0 Å². The molecule has 0 heterocycles. The summed E-state index contributed by atoms with van der Waals surface area (Å²) < 4.78 is 10.3. The fourth-order valence-corrected chi connectivity index (χ4v) is 0.977. The van der Waals surface area contributed by atoms with E-state index in [4.69, 9.17) is 9.47 Å². The zero-order valence-electron chi connectivity index (χ0n) is 8.27. The Morgan fingerprint density at radius 2 is 2.00 bits per heavy atom. The lowest BCUT2D eigenvalue weighted by atomic mass is 10.2. The molecule has 0 aliphatic carbocycles. The van der Waals surface area contributed by atoms with E-state index in [1.54, 1.807) is 25.5 Å². The Morgan fingerprint density at radius 3 is 2.57 bits per heavy atom. The van der Waals surface area contributed by atoms with E-state index in [1.165, 1.54) is 0 Å². The molecule has 14 heavy (non-hydrogen) atoms. The number of rotatable bonds is 5. The van der Waals surface area contributed by atoms with Crippen molar-refractivity contribution in [1.82, 2.24) is 0 Å². The molecule has 0 aromatic heterocycles. The van der Waals surface area contributed by atoms with Crippen LogP contribution in [0.5, 0.6) is 5.75 Å². The Hall–Kier alpha value is -1.70. The third-order valence-electron chi connectivity index (χ3n) is 1.72. The van der Waals surface area contributed by atoms with Gasteiger partial charge in [-0.25, -0.2) is 0 Å². The molecular weight excluding hydrogens is 176 g/mol. The number of hydrogen-bond acceptors (Lipinski definition) is 2. The van der Waals surface area contributed by atoms with Gasteiger partial charge in [-0.3, -0.25) is 0 Å². The molecule has 1 aromatic carbocycles. The van der Waals surface area contributed by atoms with Crippen molar-refractivity contribution in [3.63, 3.8) is 0 Å². The molecule has 0 unspecified atom stereocenters. The average Bonchev–Trinajstić information content (AvgIpc) is 2.25. The molecule has 0 spiro atoms. The molecule has 0 fully saturated rings. The smallest absolute Gasteiger partial charge is 0.118 e. The molecule has 0 N–H and O–H groups in total. The molecule has 0 aliphatic heterocycles. The summed E-state index contributed by atoms with van der Waals surface area (Å²) >= 11 is 0. The minimum absolute atomic E-state index is 0.564. The van der Waals surface area contributed by atoms with Gasteiger partial charge in [0.1, 0.15) is 12.4 Å². The Labute approximate surface area is 84.5 Å². The molecule has 0 atom stereocenters. The summed E-state index contributed by atoms with van der Waals surface area (Å²) in [4.78, 5) is 0. The standard InChI is InChI=1S/C12H14O2/c1-3-4-9-14-10-11-5-7-12(13-2)8-6-11/h3-9H,1,10H2,2H3/b9-4+. The van der Waals surface area contributed by atoms with Crippen LogP contribution in [0.3, 0.4) is 0 Å². The van der Waals surface area contributed by atoms with Crippen molar-refractivity contribution in [2.75, 3.05) is 7.11 Å². The molecule has 0 radical (unpaired) electrons. The second-order valence-corrected chi connectivity index (χ2v) is 2.72. The van der Waals surface area contributed by atoms with Crippen LogP contribution < -0.4 is 4.74 Å². The summed E-state index contributed by atoms with van der Waals surface area (Å²) in [5, 5.41) is 0. The summed E-state index contributed by atoms with van der Waals surface area (Å²) in [7, 11) is 1.65. The van der Waals surface area contributed by atoms with Gasteiger partial charge in [0, 0.05) is 0 Å². The third-order valence-corrected chi connectivity index (χ3v) is 1.72. The van der Waals surface area contributed by atoms with Gasteiger partial charge in [-0.05, 0) is 23.8 Å². The molecule has 0 saturated carbocycles. The van der Waals surface area contributed by atoms with Crippen molar-refractivity contribution < 1.29 is 9.47 Å². The first-order chi connectivity index (χ1) is 6.86. The van der Waals surface area contributed by atoms with Crippen molar-refractivity contribution in [2.24, 2.45) is 0 Å². The second-order valence-electron chi connectivity index (χ2n) is 2.72. The summed E-state index contributed by atoms with van der Waals surface area (Å²) in [6.07, 6.45) is 5.05. The van der Waals surface area contributed by atoms with Gasteiger partial charge < -0.3 is 9.47 Å². The summed E-state index contributed by atoms with van der Waals surface area (Å²) in [6, 6.07) is 7.77. The number of hydrogen-bond donors (Lipinski definition) is 0. The van der Waals surface area contributed by atoms with Crippen LogP contribution in [-0.2, 0) is 11.3 Å². The first-order valence-electron chi connectivity index (χ1n) is 4.39. The molecule has 2 nitrogen and oxygen atoms in total. The number of allylic oxidation sites excluding steroid dienone is 2. The van der Waals surface area contributed by atoms with Crippen LogP contribution in [0.15, 0.2) is 49.3 Å². The van der Waals surface area contributed by atoms with Crippen molar-refractivity contribution in [3.8, 4) is 5.75 Å². The summed E-state index contributed by atoms with van der Waals surface area (Å²) in [5.74, 6) is 0.857. The Bertz CT molecular complexity index is 299. The molecule has 0 amide bonds. The van der Waals surface area contributed by atoms with Crippen LogP contribution in [-0.4, -0.2) is 7.11 Å². The summed E-state index contributed by atoms with van der Waals surface area (Å²) in [5.41, 5.74) is 1.11. The van der Waals surface area contributed by atoms with Crippen molar-refractivity contribution in [2.45, 2.75) is 6.61 Å². The molecule has 2 heteroatoms. The molecule has 74 valence electrons. The lowest BCUT2D eigenvalue weighted by molar-refractivity contribution is 0.236. The van der Waals surface area contributed by atoms with Gasteiger partial charge in [0.05, 0.1) is 13.4 Å². The van der Waals surface area contributed by atoms with Crippen LogP contribution in [0.4, 0.5) is 0 Å². The molecule has 0 aliphatic rings. The Balaban J connectivity index is 2.43. The van der Waals surface area contributed by atoms with E-state index in [-0.39, 0.29) is 0 Å². The lowest BCUT2D eigenvalue weighted by Gasteiger charge is -2.02. The zero-order valence-corrected chi connectivity index (χ0v) is 8.27. The van der Waals surface area contributed by atoms with E-state index in [9.17, 15) is 0 Å². The minimum atomic E-state index is 0.564. The minimum Gasteiger partial charge on any atom is -0.497 e. The molecule has 1 rings (SSSR count). The largest absolute Gasteiger partial charge is 0.497 e. The van der Waals surface area contributed by atoms with Crippen LogP contribution in [0, 0.1) is 0 Å².